The summed E-state index contributed by atoms with van der Waals surface area (Å²) in [7, 11) is -2.76. The molecule has 4 rings (SSSR count). The van der Waals surface area contributed by atoms with E-state index in [1.54, 1.807) is 24.3 Å². The van der Waals surface area contributed by atoms with Gasteiger partial charge in [0.25, 0.3) is 0 Å². The molecule has 3 unspecified atom stereocenters. The van der Waals surface area contributed by atoms with Gasteiger partial charge in [-0.05, 0) is 30.2 Å². The van der Waals surface area contributed by atoms with Crippen LogP contribution in [0.15, 0.2) is 52.4 Å². The molecule has 2 heterocycles. The third kappa shape index (κ3) is 7.68. The van der Waals surface area contributed by atoms with Crippen LogP contribution in [0.5, 0.6) is 5.75 Å². The predicted octanol–water partition coefficient (Wildman–Crippen LogP) is -1.40. The number of rotatable bonds is 11. The molecule has 4 atom stereocenters. The molecule has 2 aliphatic rings. The van der Waals surface area contributed by atoms with Crippen LogP contribution >= 0.6 is 0 Å². The Bertz CT molecular complexity index is 1550. The van der Waals surface area contributed by atoms with Crippen LogP contribution in [0.1, 0.15) is 30.1 Å². The van der Waals surface area contributed by atoms with Gasteiger partial charge in [0.1, 0.15) is 22.4 Å². The number of nitrogens with one attached hydrogen (secondary N) is 4. The van der Waals surface area contributed by atoms with Crippen LogP contribution in [-0.4, -0.2) is 100 Å². The maximum atomic E-state index is 12.4. The van der Waals surface area contributed by atoms with Crippen molar-refractivity contribution >= 4 is 50.1 Å². The molecule has 1 amide bonds. The Balaban J connectivity index is 1.31. The van der Waals surface area contributed by atoms with Crippen LogP contribution in [0.4, 0.5) is 11.4 Å². The third-order valence-corrected chi connectivity index (χ3v) is 7.17. The summed E-state index contributed by atoms with van der Waals surface area (Å²) in [6.45, 7) is 0.0525. The standard InChI is InChI=1S/C26H30N6O9S/c33-15-8-13(7-14(9-15)30-26-28-10-16(34)11-29-26)20(35)5-6-21(36)27-12-19(25(38)39)32-24(37)22-23(42(40)41)17-3-1-2-4-18(17)31-22/h1-4,7-9,16,19-20,24,32-35,37H,5-6,10-12H2,(H,27,36)(H,38,39)(H2,28,29,30)/t19-,20?,24?/m0/s1. The predicted molar refractivity (Wildman–Crippen MR) is 152 cm³/mol. The molecule has 2 aromatic rings. The molecule has 0 aliphatic carbocycles. The second-order valence-electron chi connectivity index (χ2n) is 9.56. The lowest BCUT2D eigenvalue weighted by Crippen LogP contribution is -2.53. The van der Waals surface area contributed by atoms with Gasteiger partial charge in [-0.2, -0.15) is 8.42 Å². The number of hydrogen-bond donors (Lipinski definition) is 9. The number of benzene rings is 2. The van der Waals surface area contributed by atoms with Gasteiger partial charge in [0.05, 0.1) is 24.4 Å². The van der Waals surface area contributed by atoms with E-state index in [1.807, 2.05) is 0 Å². The largest absolute Gasteiger partial charge is 0.508 e. The Hall–Kier alpha value is -4.35. The monoisotopic (exact) mass is 602 g/mol. The van der Waals surface area contributed by atoms with E-state index in [1.165, 1.54) is 18.2 Å². The summed E-state index contributed by atoms with van der Waals surface area (Å²) >= 11 is 0. The van der Waals surface area contributed by atoms with Crippen LogP contribution in [0.2, 0.25) is 0 Å². The van der Waals surface area contributed by atoms with Gasteiger partial charge in [0.2, 0.25) is 16.2 Å². The van der Waals surface area contributed by atoms with Gasteiger partial charge in [0, 0.05) is 36.8 Å². The summed E-state index contributed by atoms with van der Waals surface area (Å²) in [5.74, 6) is -1.76. The zero-order chi connectivity index (χ0) is 30.4. The number of aliphatic hydroxyl groups is 3. The van der Waals surface area contributed by atoms with Gasteiger partial charge in [-0.25, -0.2) is 4.99 Å². The summed E-state index contributed by atoms with van der Waals surface area (Å²) in [6.07, 6.45) is -3.77. The average molecular weight is 603 g/mol. The smallest absolute Gasteiger partial charge is 0.322 e. The number of amides is 1. The first-order valence-corrected chi connectivity index (χ1v) is 13.9. The van der Waals surface area contributed by atoms with Crippen LogP contribution < -0.4 is 21.3 Å². The number of aliphatic imine (C=N–C) groups is 2. The Kier molecular flexibility index (Phi) is 9.87. The summed E-state index contributed by atoms with van der Waals surface area (Å²) in [5, 5.41) is 61.0. The molecule has 0 spiro atoms. The highest BCUT2D eigenvalue weighted by Crippen LogP contribution is 2.28. The Labute approximate surface area is 241 Å². The molecule has 16 heteroatoms. The zero-order valence-corrected chi connectivity index (χ0v) is 22.9. The minimum Gasteiger partial charge on any atom is -0.508 e. The quantitative estimate of drug-likeness (QED) is 0.107. The number of anilines is 1. The van der Waals surface area contributed by atoms with Gasteiger partial charge in [-0.15, -0.1) is 0 Å². The number of aliphatic carboxylic acids is 1. The summed E-state index contributed by atoms with van der Waals surface area (Å²) in [6, 6.07) is 9.11. The summed E-state index contributed by atoms with van der Waals surface area (Å²) in [5.41, 5.74) is 1.04. The molecular weight excluding hydrogens is 572 g/mol. The molecule has 15 nitrogen and oxygen atoms in total. The number of hydrogen-bond acceptors (Lipinski definition) is 13. The van der Waals surface area contributed by atoms with Crippen molar-refractivity contribution in [3.63, 3.8) is 0 Å². The lowest BCUT2D eigenvalue weighted by molar-refractivity contribution is -0.140. The van der Waals surface area contributed by atoms with Crippen molar-refractivity contribution in [3.8, 4) is 5.75 Å². The highest BCUT2D eigenvalue weighted by atomic mass is 32.2. The molecule has 0 radical (unpaired) electrons. The van der Waals surface area contributed by atoms with Crippen LogP contribution in [0, 0.1) is 0 Å². The van der Waals surface area contributed by atoms with Gasteiger partial charge < -0.3 is 41.5 Å². The van der Waals surface area contributed by atoms with E-state index < -0.39 is 53.2 Å². The lowest BCUT2D eigenvalue weighted by atomic mass is 10.0. The Morgan fingerprint density at radius 3 is 2.60 bits per heavy atom. The number of aromatic hydroxyl groups is 1. The van der Waals surface area contributed by atoms with E-state index in [4.69, 9.17) is 0 Å². The first kappa shape index (κ1) is 30.6. The summed E-state index contributed by atoms with van der Waals surface area (Å²) in [4.78, 5) is 32.2. The van der Waals surface area contributed by atoms with Crippen molar-refractivity contribution in [3.05, 3.63) is 53.6 Å². The molecule has 9 N–H and O–H groups in total. The molecule has 0 saturated heterocycles. The number of carboxylic acid groups (broad SMARTS) is 1. The van der Waals surface area contributed by atoms with E-state index in [0.29, 0.717) is 29.4 Å². The second-order valence-corrected chi connectivity index (χ2v) is 10.4. The molecule has 0 aromatic heterocycles. The number of para-hydroxylation sites is 1. The molecule has 2 aliphatic heterocycles. The number of carbonyl (C=O) groups excluding carboxylic acids is 1. The maximum absolute atomic E-state index is 12.4. The van der Waals surface area contributed by atoms with Crippen molar-refractivity contribution in [1.29, 1.82) is 0 Å². The van der Waals surface area contributed by atoms with Gasteiger partial charge in [-0.1, -0.05) is 18.2 Å². The van der Waals surface area contributed by atoms with E-state index in [9.17, 15) is 43.5 Å². The molecule has 2 aromatic carbocycles. The molecule has 0 fully saturated rings. The highest BCUT2D eigenvalue weighted by molar-refractivity contribution is 7.75. The minimum atomic E-state index is -2.76. The molecule has 224 valence electrons. The minimum absolute atomic E-state index is 0.0589. The maximum Gasteiger partial charge on any atom is 0.322 e. The van der Waals surface area contributed by atoms with Crippen LogP contribution in [0.25, 0.3) is 0 Å². The first-order chi connectivity index (χ1) is 20.0. The fourth-order valence-electron chi connectivity index (χ4n) is 4.32. The van der Waals surface area contributed by atoms with Crippen LogP contribution in [0.3, 0.4) is 0 Å². The van der Waals surface area contributed by atoms with Crippen molar-refractivity contribution in [1.82, 2.24) is 16.0 Å². The van der Waals surface area contributed by atoms with E-state index in [2.05, 4.69) is 31.3 Å². The number of aliphatic hydroxyl groups excluding tert-OH is 3. The van der Waals surface area contributed by atoms with Gasteiger partial charge >= 0.3 is 5.97 Å². The van der Waals surface area contributed by atoms with E-state index >= 15 is 0 Å². The molecule has 42 heavy (non-hydrogen) atoms. The number of fused-ring (bicyclic) bond motifs is 1. The number of nitrogens with zero attached hydrogens (tertiary/aromatic N) is 2. The van der Waals surface area contributed by atoms with Crippen LogP contribution in [-0.2, 0) is 19.9 Å². The summed E-state index contributed by atoms with van der Waals surface area (Å²) < 4.78 is 23.6. The number of carbonyl (C=O) groups is 2. The third-order valence-electron chi connectivity index (χ3n) is 6.41. The topological polar surface area (TPSA) is 242 Å². The fourth-order valence-corrected chi connectivity index (χ4v) is 5.00. The lowest BCUT2D eigenvalue weighted by Gasteiger charge is -2.21. The molecule has 0 saturated carbocycles. The SMILES string of the molecule is O=C(CCC(O)c1cc(O)cc(NC2=NCC(O)CN2)c1)NC[C@H](NC(O)C1=Nc2ccccc2C1=S(=O)=O)C(=O)O. The highest BCUT2D eigenvalue weighted by Gasteiger charge is 2.32. The Morgan fingerprint density at radius 1 is 1.14 bits per heavy atom. The number of guanidine groups is 1. The average Bonchev–Trinajstić information content (AvgIpc) is 3.35. The fraction of sp³-hybridized carbons (Fsp3) is 0.346. The number of carboxylic acids is 1. The number of phenolic OH excluding ortho intramolecular Hbond substituents is 1. The van der Waals surface area contributed by atoms with Crippen molar-refractivity contribution < 1.29 is 43.5 Å². The van der Waals surface area contributed by atoms with Crippen molar-refractivity contribution in [2.24, 2.45) is 9.98 Å². The second kappa shape index (κ2) is 13.5. The van der Waals surface area contributed by atoms with E-state index in [-0.39, 0.29) is 41.3 Å². The van der Waals surface area contributed by atoms with E-state index in [0.717, 1.165) is 0 Å². The van der Waals surface area contributed by atoms with Crippen molar-refractivity contribution in [2.45, 2.75) is 37.3 Å². The first-order valence-electron chi connectivity index (χ1n) is 12.9. The van der Waals surface area contributed by atoms with Gasteiger partial charge in [0.15, 0.2) is 12.2 Å². The van der Waals surface area contributed by atoms with Gasteiger partial charge in [-0.3, -0.25) is 19.9 Å². The number of phenols is 1. The zero-order valence-electron chi connectivity index (χ0n) is 22.1. The van der Waals surface area contributed by atoms with Crippen molar-refractivity contribution in [2.75, 3.05) is 25.0 Å². The normalized spacial score (nSPS) is 18.1. The molecular formula is C26H30N6O9S. The Morgan fingerprint density at radius 2 is 1.90 bits per heavy atom. The molecule has 0 bridgehead atoms. The number of β-amino-alcohol motifs (C(OH)–C–C–N with tert-alkyl or cyclic N) is 1.